The quantitative estimate of drug-likeness (QED) is 0.655. The molecule has 1 aromatic carbocycles. The Morgan fingerprint density at radius 2 is 2.22 bits per heavy atom. The molecule has 4 rings (SSSR count). The number of nitrogens with zero attached hydrogens (tertiary/aromatic N) is 1. The van der Waals surface area contributed by atoms with Gasteiger partial charge in [-0.3, -0.25) is 4.90 Å². The molecule has 3 saturated heterocycles. The average Bonchev–Trinajstić information content (AvgIpc) is 2.61. The van der Waals surface area contributed by atoms with Gasteiger partial charge in [-0.1, -0.05) is 0 Å². The number of benzene rings is 1. The van der Waals surface area contributed by atoms with Gasteiger partial charge in [0, 0.05) is 30.7 Å². The van der Waals surface area contributed by atoms with E-state index in [1.165, 1.54) is 12.8 Å². The Bertz CT molecular complexity index is 595. The third-order valence-electron chi connectivity index (χ3n) is 4.94. The van der Waals surface area contributed by atoms with Crippen molar-refractivity contribution in [1.82, 2.24) is 10.2 Å². The molecular weight excluding hydrogens is 306 g/mol. The maximum Gasteiger partial charge on any atom is 0.170 e. The second kappa shape index (κ2) is 7.20. The minimum absolute atomic E-state index is 0.435. The van der Waals surface area contributed by atoms with Crippen molar-refractivity contribution >= 4 is 23.0 Å². The molecule has 122 valence electrons. The molecule has 0 radical (unpaired) electrons. The van der Waals surface area contributed by atoms with Gasteiger partial charge >= 0.3 is 0 Å². The summed E-state index contributed by atoms with van der Waals surface area (Å²) in [4.78, 5) is 2.51. The van der Waals surface area contributed by atoms with Crippen LogP contribution in [0, 0.1) is 24.2 Å². The van der Waals surface area contributed by atoms with E-state index in [1.54, 1.807) is 7.11 Å². The minimum atomic E-state index is 0.435. The van der Waals surface area contributed by atoms with Crippen LogP contribution in [0.1, 0.15) is 12.8 Å². The molecule has 2 N–H and O–H groups in total. The summed E-state index contributed by atoms with van der Waals surface area (Å²) in [5.74, 6) is 4.90. The number of hydrogen-bond acceptors (Lipinski definition) is 3. The number of hydrogen-bond donors (Lipinski definition) is 2. The molecule has 1 unspecified atom stereocenters. The Balaban J connectivity index is 1.47. The molecule has 0 amide bonds. The third kappa shape index (κ3) is 3.77. The van der Waals surface area contributed by atoms with Gasteiger partial charge in [0.05, 0.1) is 7.11 Å². The first-order valence-electron chi connectivity index (χ1n) is 8.08. The zero-order valence-electron chi connectivity index (χ0n) is 13.4. The highest BCUT2D eigenvalue weighted by Crippen LogP contribution is 2.35. The van der Waals surface area contributed by atoms with Crippen molar-refractivity contribution < 1.29 is 4.74 Å². The van der Waals surface area contributed by atoms with E-state index in [4.69, 9.17) is 23.4 Å². The molecule has 4 nitrogen and oxygen atoms in total. The van der Waals surface area contributed by atoms with Gasteiger partial charge in [-0.2, -0.15) is 0 Å². The number of methoxy groups -OCH3 is 1. The predicted molar refractivity (Wildman–Crippen MR) is 97.6 cm³/mol. The third-order valence-corrected chi connectivity index (χ3v) is 5.19. The number of ether oxygens (including phenoxy) is 1. The number of nitrogens with one attached hydrogen (secondary N) is 2. The van der Waals surface area contributed by atoms with Gasteiger partial charge in [0.25, 0.3) is 0 Å². The molecule has 3 aliphatic heterocycles. The van der Waals surface area contributed by atoms with Gasteiger partial charge in [-0.15, -0.1) is 12.3 Å². The lowest BCUT2D eigenvalue weighted by Crippen LogP contribution is -2.56. The SMILES string of the molecule is C#C[C@H]1CN2CC[C@H]1C[C@@H]2CNC(=S)Nc1ccc(OC)cc1. The zero-order chi connectivity index (χ0) is 16.2. The smallest absolute Gasteiger partial charge is 0.170 e. The van der Waals surface area contributed by atoms with Crippen molar-refractivity contribution in [1.29, 1.82) is 0 Å². The van der Waals surface area contributed by atoms with E-state index in [0.717, 1.165) is 31.1 Å². The van der Waals surface area contributed by atoms with Gasteiger partial charge in [0.1, 0.15) is 5.75 Å². The van der Waals surface area contributed by atoms with E-state index in [2.05, 4.69) is 21.5 Å². The lowest BCUT2D eigenvalue weighted by Gasteiger charge is -2.48. The maximum atomic E-state index is 5.63. The van der Waals surface area contributed by atoms with Gasteiger partial charge in [0.2, 0.25) is 0 Å². The average molecular weight is 329 g/mol. The number of terminal acetylenes is 1. The van der Waals surface area contributed by atoms with Crippen LogP contribution in [0.3, 0.4) is 0 Å². The number of thiocarbonyl (C=S) groups is 1. The van der Waals surface area contributed by atoms with Crippen LogP contribution in [-0.4, -0.2) is 42.8 Å². The zero-order valence-corrected chi connectivity index (χ0v) is 14.2. The van der Waals surface area contributed by atoms with Crippen molar-refractivity contribution in [3.8, 4) is 18.1 Å². The standard InChI is InChI=1S/C18H23N3OS/c1-3-13-12-21-9-8-14(13)10-16(21)11-19-18(23)20-15-4-6-17(22-2)7-5-15/h1,4-7,13-14,16H,8-12H2,2H3,(H2,19,20,23)/t13-,14-,16+/m0/s1. The van der Waals surface area contributed by atoms with Gasteiger partial charge in [-0.25, -0.2) is 0 Å². The lowest BCUT2D eigenvalue weighted by atomic mass is 9.76. The Morgan fingerprint density at radius 3 is 2.83 bits per heavy atom. The monoisotopic (exact) mass is 329 g/mol. The Labute approximate surface area is 143 Å². The largest absolute Gasteiger partial charge is 0.497 e. The molecule has 5 heteroatoms. The summed E-state index contributed by atoms with van der Waals surface area (Å²) in [5, 5.41) is 7.21. The number of piperidine rings is 3. The highest BCUT2D eigenvalue weighted by molar-refractivity contribution is 7.80. The summed E-state index contributed by atoms with van der Waals surface area (Å²) in [6, 6.07) is 8.27. The molecule has 0 aliphatic carbocycles. The Hall–Kier alpha value is -1.77. The highest BCUT2D eigenvalue weighted by Gasteiger charge is 2.38. The van der Waals surface area contributed by atoms with E-state index >= 15 is 0 Å². The second-order valence-electron chi connectivity index (χ2n) is 6.27. The van der Waals surface area contributed by atoms with Gasteiger partial charge < -0.3 is 15.4 Å². The van der Waals surface area contributed by atoms with Crippen molar-refractivity contribution in [2.45, 2.75) is 18.9 Å². The number of fused-ring (bicyclic) bond motifs is 3. The molecule has 4 atom stereocenters. The van der Waals surface area contributed by atoms with Crippen LogP contribution < -0.4 is 15.4 Å². The summed E-state index contributed by atoms with van der Waals surface area (Å²) < 4.78 is 5.15. The van der Waals surface area contributed by atoms with Crippen LogP contribution in [0.2, 0.25) is 0 Å². The van der Waals surface area contributed by atoms with Crippen molar-refractivity contribution in [3.63, 3.8) is 0 Å². The minimum Gasteiger partial charge on any atom is -0.497 e. The van der Waals surface area contributed by atoms with Crippen LogP contribution in [0.25, 0.3) is 0 Å². The van der Waals surface area contributed by atoms with E-state index in [0.29, 0.717) is 23.0 Å². The van der Waals surface area contributed by atoms with E-state index in [-0.39, 0.29) is 0 Å². The number of rotatable bonds is 4. The van der Waals surface area contributed by atoms with Crippen LogP contribution in [0.15, 0.2) is 24.3 Å². The summed E-state index contributed by atoms with van der Waals surface area (Å²) in [7, 11) is 1.66. The topological polar surface area (TPSA) is 36.5 Å². The lowest BCUT2D eigenvalue weighted by molar-refractivity contribution is 0.0248. The molecule has 0 aromatic heterocycles. The molecule has 1 aromatic rings. The molecule has 0 saturated carbocycles. The molecule has 3 aliphatic rings. The molecular formula is C18H23N3OS. The van der Waals surface area contributed by atoms with Crippen LogP contribution in [0.5, 0.6) is 5.75 Å². The molecule has 3 fully saturated rings. The summed E-state index contributed by atoms with van der Waals surface area (Å²) in [5.41, 5.74) is 0.959. The first kappa shape index (κ1) is 16.1. The Morgan fingerprint density at radius 1 is 1.43 bits per heavy atom. The van der Waals surface area contributed by atoms with E-state index in [1.807, 2.05) is 24.3 Å². The fourth-order valence-corrected chi connectivity index (χ4v) is 3.80. The normalized spacial score (nSPS) is 28.7. The molecule has 2 bridgehead atoms. The summed E-state index contributed by atoms with van der Waals surface area (Å²) in [6.07, 6.45) is 8.04. The molecule has 3 heterocycles. The predicted octanol–water partition coefficient (Wildman–Crippen LogP) is 2.33. The summed E-state index contributed by atoms with van der Waals surface area (Å²) >= 11 is 5.39. The van der Waals surface area contributed by atoms with Gasteiger partial charge in [0.15, 0.2) is 5.11 Å². The highest BCUT2D eigenvalue weighted by atomic mass is 32.1. The fraction of sp³-hybridized carbons (Fsp3) is 0.500. The van der Waals surface area contributed by atoms with Gasteiger partial charge in [-0.05, 0) is 61.8 Å². The molecule has 23 heavy (non-hydrogen) atoms. The maximum absolute atomic E-state index is 5.63. The first-order valence-corrected chi connectivity index (χ1v) is 8.49. The van der Waals surface area contributed by atoms with Crippen LogP contribution in [-0.2, 0) is 0 Å². The first-order chi connectivity index (χ1) is 11.2. The van der Waals surface area contributed by atoms with Crippen LogP contribution in [0.4, 0.5) is 5.69 Å². The van der Waals surface area contributed by atoms with Crippen molar-refractivity contribution in [3.05, 3.63) is 24.3 Å². The fourth-order valence-electron chi connectivity index (χ4n) is 3.60. The molecule has 0 spiro atoms. The number of anilines is 1. The van der Waals surface area contributed by atoms with Crippen molar-refractivity contribution in [2.75, 3.05) is 32.1 Å². The van der Waals surface area contributed by atoms with E-state index < -0.39 is 0 Å². The summed E-state index contributed by atoms with van der Waals surface area (Å²) in [6.45, 7) is 3.07. The van der Waals surface area contributed by atoms with E-state index in [9.17, 15) is 0 Å². The Kier molecular flexibility index (Phi) is 5.04. The second-order valence-corrected chi connectivity index (χ2v) is 6.68. The van der Waals surface area contributed by atoms with Crippen molar-refractivity contribution in [2.24, 2.45) is 11.8 Å². The van der Waals surface area contributed by atoms with Crippen LogP contribution >= 0.6 is 12.2 Å².